The van der Waals surface area contributed by atoms with E-state index in [1.54, 1.807) is 0 Å². The van der Waals surface area contributed by atoms with Crippen LogP contribution in [0, 0.1) is 13.8 Å². The summed E-state index contributed by atoms with van der Waals surface area (Å²) in [6, 6.07) is 0.600. The molecule has 0 bridgehead atoms. The topological polar surface area (TPSA) is 29.9 Å². The monoisotopic (exact) mass is 293 g/mol. The minimum atomic E-state index is 0.600. The Kier molecular flexibility index (Phi) is 8.67. The van der Waals surface area contributed by atoms with Gasteiger partial charge >= 0.3 is 0 Å². The number of hydrogen-bond acceptors (Lipinski definition) is 2. The molecule has 0 aliphatic carbocycles. The molecule has 0 radical (unpaired) electrons. The summed E-state index contributed by atoms with van der Waals surface area (Å²) >= 11 is 0. The van der Waals surface area contributed by atoms with Gasteiger partial charge in [0.15, 0.2) is 0 Å². The quantitative estimate of drug-likeness (QED) is 0.616. The van der Waals surface area contributed by atoms with Gasteiger partial charge in [0.2, 0.25) is 0 Å². The van der Waals surface area contributed by atoms with E-state index in [2.05, 4.69) is 38.1 Å². The lowest BCUT2D eigenvalue weighted by Gasteiger charge is -2.18. The van der Waals surface area contributed by atoms with Gasteiger partial charge in [-0.05, 0) is 38.8 Å². The van der Waals surface area contributed by atoms with Crippen molar-refractivity contribution in [1.82, 2.24) is 15.1 Å². The third kappa shape index (κ3) is 6.21. The Morgan fingerprint density at radius 2 is 1.71 bits per heavy atom. The number of nitrogens with one attached hydrogen (secondary N) is 1. The van der Waals surface area contributed by atoms with Crippen molar-refractivity contribution in [2.24, 2.45) is 7.05 Å². The van der Waals surface area contributed by atoms with Crippen LogP contribution >= 0.6 is 0 Å². The Morgan fingerprint density at radius 1 is 1.05 bits per heavy atom. The van der Waals surface area contributed by atoms with E-state index in [1.807, 2.05) is 11.7 Å². The molecule has 1 atom stereocenters. The Bertz CT molecular complexity index is 395. The van der Waals surface area contributed by atoms with Crippen LogP contribution in [0.15, 0.2) is 0 Å². The zero-order valence-corrected chi connectivity index (χ0v) is 14.8. The fourth-order valence-electron chi connectivity index (χ4n) is 3.10. The second-order valence-electron chi connectivity index (χ2n) is 6.29. The standard InChI is InChI=1S/C18H35N3/c1-6-8-9-10-11-12-13-17(19-7-2)14-18-15(3)20-21(5)16(18)4/h17,19H,6-14H2,1-5H3. The molecule has 3 nitrogen and oxygen atoms in total. The summed E-state index contributed by atoms with van der Waals surface area (Å²) in [5.74, 6) is 0. The van der Waals surface area contributed by atoms with E-state index in [-0.39, 0.29) is 0 Å². The van der Waals surface area contributed by atoms with Gasteiger partial charge < -0.3 is 5.32 Å². The molecule has 0 amide bonds. The molecule has 0 aromatic carbocycles. The first kappa shape index (κ1) is 18.2. The van der Waals surface area contributed by atoms with Crippen LogP contribution in [-0.2, 0) is 13.5 Å². The van der Waals surface area contributed by atoms with Crippen LogP contribution in [-0.4, -0.2) is 22.4 Å². The highest BCUT2D eigenvalue weighted by Crippen LogP contribution is 2.17. The Balaban J connectivity index is 2.42. The van der Waals surface area contributed by atoms with Crippen LogP contribution in [0.3, 0.4) is 0 Å². The average Bonchev–Trinajstić information content (AvgIpc) is 2.69. The number of hydrogen-bond donors (Lipinski definition) is 1. The van der Waals surface area contributed by atoms with Gasteiger partial charge in [0, 0.05) is 18.8 Å². The van der Waals surface area contributed by atoms with Crippen LogP contribution in [0.5, 0.6) is 0 Å². The summed E-state index contributed by atoms with van der Waals surface area (Å²) in [7, 11) is 2.04. The largest absolute Gasteiger partial charge is 0.314 e. The first-order valence-electron chi connectivity index (χ1n) is 8.82. The van der Waals surface area contributed by atoms with Crippen LogP contribution in [0.4, 0.5) is 0 Å². The third-order valence-corrected chi connectivity index (χ3v) is 4.51. The molecule has 0 aliphatic heterocycles. The Morgan fingerprint density at radius 3 is 2.29 bits per heavy atom. The summed E-state index contributed by atoms with van der Waals surface area (Å²) in [6.45, 7) is 9.86. The normalized spacial score (nSPS) is 12.8. The van der Waals surface area contributed by atoms with Gasteiger partial charge in [-0.15, -0.1) is 0 Å². The lowest BCUT2D eigenvalue weighted by molar-refractivity contribution is 0.458. The van der Waals surface area contributed by atoms with Crippen molar-refractivity contribution in [1.29, 1.82) is 0 Å². The van der Waals surface area contributed by atoms with Gasteiger partial charge in [0.1, 0.15) is 0 Å². The van der Waals surface area contributed by atoms with Gasteiger partial charge in [-0.25, -0.2) is 0 Å². The van der Waals surface area contributed by atoms with Gasteiger partial charge in [-0.2, -0.15) is 5.10 Å². The van der Waals surface area contributed by atoms with Crippen molar-refractivity contribution in [3.8, 4) is 0 Å². The third-order valence-electron chi connectivity index (χ3n) is 4.51. The maximum atomic E-state index is 4.54. The smallest absolute Gasteiger partial charge is 0.0628 e. The second kappa shape index (κ2) is 9.99. The summed E-state index contributed by atoms with van der Waals surface area (Å²) in [6.07, 6.45) is 10.7. The number of likely N-dealkylation sites (N-methyl/N-ethyl adjacent to an activating group) is 1. The van der Waals surface area contributed by atoms with Crippen molar-refractivity contribution in [3.05, 3.63) is 17.0 Å². The molecule has 1 unspecified atom stereocenters. The van der Waals surface area contributed by atoms with E-state index >= 15 is 0 Å². The highest BCUT2D eigenvalue weighted by atomic mass is 15.3. The van der Waals surface area contributed by atoms with Crippen molar-refractivity contribution in [3.63, 3.8) is 0 Å². The van der Waals surface area contributed by atoms with Gasteiger partial charge in [0.25, 0.3) is 0 Å². The molecule has 0 saturated heterocycles. The van der Waals surface area contributed by atoms with Crippen LogP contribution in [0.1, 0.15) is 75.7 Å². The highest BCUT2D eigenvalue weighted by molar-refractivity contribution is 5.25. The van der Waals surface area contributed by atoms with E-state index in [0.29, 0.717) is 6.04 Å². The predicted molar refractivity (Wildman–Crippen MR) is 91.8 cm³/mol. The molecular weight excluding hydrogens is 258 g/mol. The Hall–Kier alpha value is -0.830. The SMILES string of the molecule is CCCCCCCCC(Cc1c(C)nn(C)c1C)NCC. The van der Waals surface area contributed by atoms with E-state index in [9.17, 15) is 0 Å². The molecule has 122 valence electrons. The number of aromatic nitrogens is 2. The minimum Gasteiger partial charge on any atom is -0.314 e. The molecule has 0 spiro atoms. The Labute approximate surface area is 131 Å². The lowest BCUT2D eigenvalue weighted by atomic mass is 9.98. The summed E-state index contributed by atoms with van der Waals surface area (Å²) in [5, 5.41) is 8.20. The number of nitrogens with zero attached hydrogens (tertiary/aromatic N) is 2. The molecule has 1 heterocycles. The lowest BCUT2D eigenvalue weighted by Crippen LogP contribution is -2.31. The molecule has 3 heteroatoms. The molecular formula is C18H35N3. The molecule has 1 aromatic heterocycles. The molecule has 21 heavy (non-hydrogen) atoms. The van der Waals surface area contributed by atoms with Crippen LogP contribution < -0.4 is 5.32 Å². The highest BCUT2D eigenvalue weighted by Gasteiger charge is 2.15. The zero-order chi connectivity index (χ0) is 15.7. The number of unbranched alkanes of at least 4 members (excludes halogenated alkanes) is 5. The second-order valence-corrected chi connectivity index (χ2v) is 6.29. The van der Waals surface area contributed by atoms with Gasteiger partial charge in [0.05, 0.1) is 5.69 Å². The maximum Gasteiger partial charge on any atom is 0.0628 e. The number of rotatable bonds is 11. The van der Waals surface area contributed by atoms with Gasteiger partial charge in [-0.1, -0.05) is 52.4 Å². The summed E-state index contributed by atoms with van der Waals surface area (Å²) < 4.78 is 2.01. The van der Waals surface area contributed by atoms with Crippen molar-refractivity contribution >= 4 is 0 Å². The molecule has 0 saturated carbocycles. The fourth-order valence-corrected chi connectivity index (χ4v) is 3.10. The first-order chi connectivity index (χ1) is 10.1. The molecule has 0 aliphatic rings. The minimum absolute atomic E-state index is 0.600. The summed E-state index contributed by atoms with van der Waals surface area (Å²) in [4.78, 5) is 0. The predicted octanol–water partition coefficient (Wildman–Crippen LogP) is 4.31. The molecule has 1 rings (SSSR count). The first-order valence-corrected chi connectivity index (χ1v) is 8.82. The van der Waals surface area contributed by atoms with Crippen molar-refractivity contribution in [2.75, 3.05) is 6.54 Å². The van der Waals surface area contributed by atoms with E-state index in [1.165, 1.54) is 61.9 Å². The van der Waals surface area contributed by atoms with E-state index in [4.69, 9.17) is 0 Å². The molecule has 1 aromatic rings. The fraction of sp³-hybridized carbons (Fsp3) is 0.833. The zero-order valence-electron chi connectivity index (χ0n) is 14.8. The number of aryl methyl sites for hydroxylation is 2. The molecule has 0 fully saturated rings. The maximum absolute atomic E-state index is 4.54. The van der Waals surface area contributed by atoms with Gasteiger partial charge in [-0.3, -0.25) is 4.68 Å². The van der Waals surface area contributed by atoms with Crippen LogP contribution in [0.2, 0.25) is 0 Å². The average molecular weight is 293 g/mol. The van der Waals surface area contributed by atoms with Crippen LogP contribution in [0.25, 0.3) is 0 Å². The van der Waals surface area contributed by atoms with Crippen molar-refractivity contribution < 1.29 is 0 Å². The summed E-state index contributed by atoms with van der Waals surface area (Å²) in [5.41, 5.74) is 3.95. The van der Waals surface area contributed by atoms with Crippen molar-refractivity contribution in [2.45, 2.75) is 85.1 Å². The van der Waals surface area contributed by atoms with E-state index < -0.39 is 0 Å². The molecule has 1 N–H and O–H groups in total. The van der Waals surface area contributed by atoms with E-state index in [0.717, 1.165) is 13.0 Å².